The molecule has 0 spiro atoms. The minimum Gasteiger partial charge on any atom is -0.550 e. The van der Waals surface area contributed by atoms with E-state index in [0.29, 0.717) is 12.8 Å². The third-order valence-corrected chi connectivity index (χ3v) is 10.1. The third-order valence-electron chi connectivity index (χ3n) is 8.39. The number of nitrogens with zero attached hydrogens (tertiary/aromatic N) is 3. The lowest BCUT2D eigenvalue weighted by atomic mass is 9.61. The minimum absolute atomic E-state index is 0.0622. The first-order valence-electron chi connectivity index (χ1n) is 13.4. The summed E-state index contributed by atoms with van der Waals surface area (Å²) in [7, 11) is -4.28. The molecule has 220 valence electrons. The SMILES string of the molecule is Cc1ccc(S(=O)(=O)n2cc(-c3cc(C(F)(F)F)cc(NC4C5CCC(CC5)C4C(=O)[O-])n3)c3cc(F)cnc32)cc1. The van der Waals surface area contributed by atoms with E-state index >= 15 is 0 Å². The molecule has 3 aliphatic rings. The smallest absolute Gasteiger partial charge is 0.416 e. The molecule has 0 saturated heterocycles. The molecule has 1 aromatic carbocycles. The first kappa shape index (κ1) is 28.1. The molecule has 2 bridgehead atoms. The highest BCUT2D eigenvalue weighted by Crippen LogP contribution is 2.46. The number of nitrogens with one attached hydrogen (secondary N) is 1. The maximum atomic E-state index is 14.4. The predicted octanol–water partition coefficient (Wildman–Crippen LogP) is 4.77. The van der Waals surface area contributed by atoms with Gasteiger partial charge in [0.1, 0.15) is 11.6 Å². The van der Waals surface area contributed by atoms with Crippen LogP contribution in [0.25, 0.3) is 22.3 Å². The van der Waals surface area contributed by atoms with Crippen LogP contribution < -0.4 is 10.4 Å². The third kappa shape index (κ3) is 4.89. The number of carbonyl (C=O) groups excluding carboxylic acids is 1. The van der Waals surface area contributed by atoms with Crippen molar-refractivity contribution < 1.29 is 35.9 Å². The van der Waals surface area contributed by atoms with Gasteiger partial charge in [0, 0.05) is 35.1 Å². The monoisotopic (exact) mass is 601 g/mol. The zero-order chi connectivity index (χ0) is 30.0. The molecule has 3 heterocycles. The summed E-state index contributed by atoms with van der Waals surface area (Å²) in [6, 6.07) is 7.80. The van der Waals surface area contributed by atoms with Crippen molar-refractivity contribution in [2.24, 2.45) is 17.8 Å². The zero-order valence-corrected chi connectivity index (χ0v) is 23.0. The fourth-order valence-corrected chi connectivity index (χ4v) is 7.66. The van der Waals surface area contributed by atoms with E-state index in [2.05, 4.69) is 15.3 Å². The lowest BCUT2D eigenvalue weighted by Crippen LogP contribution is -2.55. The average molecular weight is 602 g/mol. The number of carboxylic acid groups (broad SMARTS) is 1. The molecule has 4 aromatic rings. The Bertz CT molecular complexity index is 1800. The molecule has 3 saturated carbocycles. The van der Waals surface area contributed by atoms with Crippen LogP contribution in [0, 0.1) is 30.5 Å². The van der Waals surface area contributed by atoms with Crippen molar-refractivity contribution in [1.29, 1.82) is 0 Å². The molecule has 3 aromatic heterocycles. The summed E-state index contributed by atoms with van der Waals surface area (Å²) in [5.41, 5.74) is -0.848. The Hall–Kier alpha value is -4.00. The van der Waals surface area contributed by atoms with Crippen molar-refractivity contribution in [3.8, 4) is 11.3 Å². The maximum absolute atomic E-state index is 14.4. The van der Waals surface area contributed by atoms with Gasteiger partial charge in [-0.1, -0.05) is 17.7 Å². The number of fused-ring (bicyclic) bond motifs is 4. The summed E-state index contributed by atoms with van der Waals surface area (Å²) in [6.45, 7) is 1.78. The number of halogens is 4. The number of carbonyl (C=O) groups is 1. The van der Waals surface area contributed by atoms with Crippen LogP contribution in [0.4, 0.5) is 23.4 Å². The molecule has 7 rings (SSSR count). The molecule has 0 amide bonds. The van der Waals surface area contributed by atoms with Crippen molar-refractivity contribution in [1.82, 2.24) is 13.9 Å². The highest BCUT2D eigenvalue weighted by molar-refractivity contribution is 7.90. The molecular formula is C29H25F4N4O4S-. The first-order chi connectivity index (χ1) is 19.8. The summed E-state index contributed by atoms with van der Waals surface area (Å²) in [4.78, 5) is 20.2. The van der Waals surface area contributed by atoms with Crippen LogP contribution in [0.5, 0.6) is 0 Å². The summed E-state index contributed by atoms with van der Waals surface area (Å²) in [5, 5.41) is 14.9. The van der Waals surface area contributed by atoms with Gasteiger partial charge in [-0.05, 0) is 74.8 Å². The van der Waals surface area contributed by atoms with E-state index < -0.39 is 45.5 Å². The van der Waals surface area contributed by atoms with Crippen LogP contribution in [0.15, 0.2) is 59.8 Å². The van der Waals surface area contributed by atoms with E-state index in [1.54, 1.807) is 19.1 Å². The number of aryl methyl sites for hydroxylation is 1. The lowest BCUT2D eigenvalue weighted by molar-refractivity contribution is -0.316. The highest BCUT2D eigenvalue weighted by atomic mass is 32.2. The van der Waals surface area contributed by atoms with E-state index in [9.17, 15) is 35.9 Å². The van der Waals surface area contributed by atoms with Gasteiger partial charge in [-0.15, -0.1) is 0 Å². The molecule has 2 atom stereocenters. The number of hydrogen-bond donors (Lipinski definition) is 1. The first-order valence-corrected chi connectivity index (χ1v) is 14.8. The van der Waals surface area contributed by atoms with Crippen molar-refractivity contribution in [2.45, 2.75) is 49.7 Å². The number of pyridine rings is 2. The molecule has 3 aliphatic carbocycles. The van der Waals surface area contributed by atoms with Crippen molar-refractivity contribution in [2.75, 3.05) is 5.32 Å². The molecule has 13 heteroatoms. The summed E-state index contributed by atoms with van der Waals surface area (Å²) >= 11 is 0. The van der Waals surface area contributed by atoms with Gasteiger partial charge in [0.25, 0.3) is 10.0 Å². The second-order valence-electron chi connectivity index (χ2n) is 11.0. The van der Waals surface area contributed by atoms with Crippen LogP contribution in [-0.4, -0.2) is 34.4 Å². The lowest BCUT2D eigenvalue weighted by Gasteiger charge is -2.49. The molecule has 42 heavy (non-hydrogen) atoms. The predicted molar refractivity (Wildman–Crippen MR) is 143 cm³/mol. The molecule has 0 radical (unpaired) electrons. The Morgan fingerprint density at radius 1 is 1.05 bits per heavy atom. The Morgan fingerprint density at radius 3 is 2.36 bits per heavy atom. The van der Waals surface area contributed by atoms with E-state index in [1.165, 1.54) is 12.1 Å². The standard InChI is InChI=1S/C29H26F4N4O4S/c1-15-2-8-20(9-3-15)42(40,41)37-14-22(21-12-19(30)13-34-27(21)37)23-10-18(29(31,32)33)11-24(35-23)36-26-17-6-4-16(5-7-17)25(26)28(38)39/h2-3,8-14,16-17,25-26H,4-7H2,1H3,(H,35,36)(H,38,39)/p-1. The molecule has 8 nitrogen and oxygen atoms in total. The molecular weight excluding hydrogens is 576 g/mol. The Kier molecular flexibility index (Phi) is 6.75. The van der Waals surface area contributed by atoms with Gasteiger partial charge in [-0.2, -0.15) is 13.2 Å². The zero-order valence-electron chi connectivity index (χ0n) is 22.2. The largest absolute Gasteiger partial charge is 0.550 e. The maximum Gasteiger partial charge on any atom is 0.416 e. The number of alkyl halides is 3. The summed E-state index contributed by atoms with van der Waals surface area (Å²) in [5.74, 6) is -3.44. The Labute approximate surface area is 238 Å². The summed E-state index contributed by atoms with van der Waals surface area (Å²) < 4.78 is 84.6. The van der Waals surface area contributed by atoms with Crippen molar-refractivity contribution in [3.05, 3.63) is 71.8 Å². The van der Waals surface area contributed by atoms with Crippen LogP contribution in [-0.2, 0) is 21.0 Å². The van der Waals surface area contributed by atoms with Gasteiger partial charge in [-0.25, -0.2) is 26.7 Å². The number of aliphatic carboxylic acids is 1. The number of hydrogen-bond acceptors (Lipinski definition) is 7. The number of rotatable bonds is 6. The molecule has 1 N–H and O–H groups in total. The second kappa shape index (κ2) is 10.1. The fourth-order valence-electron chi connectivity index (χ4n) is 6.34. The van der Waals surface area contributed by atoms with Crippen LogP contribution in [0.2, 0.25) is 0 Å². The van der Waals surface area contributed by atoms with E-state index in [4.69, 9.17) is 0 Å². The molecule has 3 fully saturated rings. The number of benzene rings is 1. The average Bonchev–Trinajstić information content (AvgIpc) is 3.32. The second-order valence-corrected chi connectivity index (χ2v) is 12.8. The number of carboxylic acids is 1. The molecule has 2 unspecified atom stereocenters. The Balaban J connectivity index is 1.50. The highest BCUT2D eigenvalue weighted by Gasteiger charge is 2.44. The van der Waals surface area contributed by atoms with Crippen LogP contribution in [0.1, 0.15) is 36.8 Å². The molecule has 0 aliphatic heterocycles. The van der Waals surface area contributed by atoms with Gasteiger partial charge < -0.3 is 15.2 Å². The van der Waals surface area contributed by atoms with Gasteiger partial charge in [0.2, 0.25) is 0 Å². The van der Waals surface area contributed by atoms with E-state index in [1.807, 2.05) is 0 Å². The number of anilines is 1. The minimum atomic E-state index is -4.82. The normalized spacial score (nSPS) is 22.4. The summed E-state index contributed by atoms with van der Waals surface area (Å²) in [6.07, 6.45) is -0.0561. The van der Waals surface area contributed by atoms with Gasteiger partial charge in [0.15, 0.2) is 5.65 Å². The van der Waals surface area contributed by atoms with Gasteiger partial charge in [0.05, 0.1) is 22.3 Å². The van der Waals surface area contributed by atoms with Crippen LogP contribution in [0.3, 0.4) is 0 Å². The van der Waals surface area contributed by atoms with Crippen molar-refractivity contribution >= 4 is 32.8 Å². The van der Waals surface area contributed by atoms with Crippen LogP contribution >= 0.6 is 0 Å². The van der Waals surface area contributed by atoms with Gasteiger partial charge in [-0.3, -0.25) is 0 Å². The van der Waals surface area contributed by atoms with E-state index in [-0.39, 0.29) is 44.8 Å². The number of aromatic nitrogens is 3. The quantitative estimate of drug-likeness (QED) is 0.317. The topological polar surface area (TPSA) is 117 Å². The van der Waals surface area contributed by atoms with Crippen molar-refractivity contribution in [3.63, 3.8) is 0 Å². The van der Waals surface area contributed by atoms with E-state index in [0.717, 1.165) is 53.0 Å². The van der Waals surface area contributed by atoms with Gasteiger partial charge >= 0.3 is 6.18 Å². The fraction of sp³-hybridized carbons (Fsp3) is 0.345. The Morgan fingerprint density at radius 2 is 1.71 bits per heavy atom.